The number of hydrogen-bond donors (Lipinski definition) is 4. The van der Waals surface area contributed by atoms with Crippen molar-refractivity contribution < 1.29 is 24.3 Å². The highest BCUT2D eigenvalue weighted by Crippen LogP contribution is 2.25. The zero-order valence-corrected chi connectivity index (χ0v) is 16.9. The summed E-state index contributed by atoms with van der Waals surface area (Å²) in [7, 11) is 0. The van der Waals surface area contributed by atoms with E-state index in [1.807, 2.05) is 0 Å². The van der Waals surface area contributed by atoms with Gasteiger partial charge in [-0.2, -0.15) is 0 Å². The summed E-state index contributed by atoms with van der Waals surface area (Å²) in [5.41, 5.74) is 6.28. The first-order chi connectivity index (χ1) is 14.3. The summed E-state index contributed by atoms with van der Waals surface area (Å²) >= 11 is 0. The number of aromatic amines is 1. The first-order valence-corrected chi connectivity index (χ1v) is 10.2. The number of hydrogen-bond acceptors (Lipinski definition) is 6. The van der Waals surface area contributed by atoms with Crippen molar-refractivity contribution in [3.63, 3.8) is 0 Å². The van der Waals surface area contributed by atoms with Gasteiger partial charge in [0.1, 0.15) is 18.1 Å². The van der Waals surface area contributed by atoms with Gasteiger partial charge in [-0.05, 0) is 32.6 Å². The molecule has 1 aromatic rings. The van der Waals surface area contributed by atoms with E-state index in [-0.39, 0.29) is 18.2 Å². The van der Waals surface area contributed by atoms with Gasteiger partial charge < -0.3 is 30.9 Å². The van der Waals surface area contributed by atoms with Crippen LogP contribution in [-0.2, 0) is 25.6 Å². The number of carbonyl (C=O) groups is 4. The molecule has 3 rings (SSSR count). The Morgan fingerprint density at radius 3 is 2.50 bits per heavy atom. The maximum absolute atomic E-state index is 13.2. The monoisotopic (exact) mass is 420 g/mol. The lowest BCUT2D eigenvalue weighted by Crippen LogP contribution is -2.56. The van der Waals surface area contributed by atoms with Crippen LogP contribution in [-0.4, -0.2) is 85.8 Å². The molecule has 2 saturated heterocycles. The van der Waals surface area contributed by atoms with Crippen molar-refractivity contribution in [1.82, 2.24) is 25.1 Å². The topological polar surface area (TPSA) is 162 Å². The highest BCUT2D eigenvalue weighted by atomic mass is 16.4. The molecule has 2 aliphatic rings. The summed E-state index contributed by atoms with van der Waals surface area (Å²) in [6.45, 7) is 2.44. The molecule has 3 heterocycles. The minimum absolute atomic E-state index is 0.0566. The van der Waals surface area contributed by atoms with E-state index < -0.39 is 36.0 Å². The maximum Gasteiger partial charge on any atom is 0.326 e. The zero-order valence-electron chi connectivity index (χ0n) is 16.9. The lowest BCUT2D eigenvalue weighted by Gasteiger charge is -2.32. The number of nitrogens with two attached hydrogens (primary N) is 1. The van der Waals surface area contributed by atoms with Crippen LogP contribution in [0.3, 0.4) is 0 Å². The summed E-state index contributed by atoms with van der Waals surface area (Å²) in [6.07, 6.45) is 5.30. The minimum Gasteiger partial charge on any atom is -0.480 e. The minimum atomic E-state index is -1.17. The first-order valence-electron chi connectivity index (χ1n) is 10.2. The molecule has 0 aromatic carbocycles. The molecular weight excluding hydrogens is 392 g/mol. The van der Waals surface area contributed by atoms with Gasteiger partial charge in [-0.1, -0.05) is 0 Å². The second kappa shape index (κ2) is 9.24. The first kappa shape index (κ1) is 21.8. The molecule has 3 amide bonds. The average Bonchev–Trinajstić information content (AvgIpc) is 3.47. The average molecular weight is 420 g/mol. The SMILES string of the molecule is CC(N)C(=O)N1CCCC1C(=O)N1CCCC1C(=O)NC(Cc1cnc[nH]1)C(=O)O. The van der Waals surface area contributed by atoms with E-state index in [1.165, 1.54) is 22.3 Å². The van der Waals surface area contributed by atoms with Gasteiger partial charge >= 0.3 is 5.97 Å². The third-order valence-corrected chi connectivity index (χ3v) is 5.64. The third-order valence-electron chi connectivity index (χ3n) is 5.64. The predicted octanol–water partition coefficient (Wildman–Crippen LogP) is -1.15. The molecule has 4 unspecified atom stereocenters. The second-order valence-corrected chi connectivity index (χ2v) is 7.85. The number of imidazole rings is 1. The Morgan fingerprint density at radius 2 is 1.90 bits per heavy atom. The number of aliphatic carboxylic acids is 1. The van der Waals surface area contributed by atoms with E-state index in [1.54, 1.807) is 6.92 Å². The fourth-order valence-electron chi connectivity index (χ4n) is 4.13. The highest BCUT2D eigenvalue weighted by molar-refractivity contribution is 5.94. The molecule has 2 aliphatic heterocycles. The molecule has 0 bridgehead atoms. The van der Waals surface area contributed by atoms with E-state index in [0.717, 1.165) is 0 Å². The lowest BCUT2D eigenvalue weighted by molar-refractivity contribution is -0.148. The second-order valence-electron chi connectivity index (χ2n) is 7.85. The Bertz CT molecular complexity index is 795. The molecular formula is C19H28N6O5. The summed E-state index contributed by atoms with van der Waals surface area (Å²) in [4.78, 5) is 59.6. The van der Waals surface area contributed by atoms with Crippen LogP contribution in [0.2, 0.25) is 0 Å². The van der Waals surface area contributed by atoms with Crippen molar-refractivity contribution in [2.75, 3.05) is 13.1 Å². The Labute approximate surface area is 174 Å². The van der Waals surface area contributed by atoms with Gasteiger partial charge in [0.05, 0.1) is 12.4 Å². The summed E-state index contributed by atoms with van der Waals surface area (Å²) in [6, 6.07) is -3.22. The predicted molar refractivity (Wildman–Crippen MR) is 105 cm³/mol. The quantitative estimate of drug-likeness (QED) is 0.433. The smallest absolute Gasteiger partial charge is 0.326 e. The van der Waals surface area contributed by atoms with Crippen LogP contribution in [0, 0.1) is 0 Å². The van der Waals surface area contributed by atoms with Crippen LogP contribution in [0.4, 0.5) is 0 Å². The van der Waals surface area contributed by atoms with E-state index in [2.05, 4.69) is 15.3 Å². The van der Waals surface area contributed by atoms with E-state index in [0.29, 0.717) is 44.5 Å². The van der Waals surface area contributed by atoms with Crippen LogP contribution < -0.4 is 11.1 Å². The van der Waals surface area contributed by atoms with Gasteiger partial charge in [0.15, 0.2) is 0 Å². The Morgan fingerprint density at radius 1 is 1.23 bits per heavy atom. The van der Waals surface area contributed by atoms with Gasteiger partial charge in [-0.25, -0.2) is 9.78 Å². The molecule has 5 N–H and O–H groups in total. The van der Waals surface area contributed by atoms with Crippen molar-refractivity contribution in [3.05, 3.63) is 18.2 Å². The fourth-order valence-corrected chi connectivity index (χ4v) is 4.13. The van der Waals surface area contributed by atoms with Crippen molar-refractivity contribution >= 4 is 23.7 Å². The number of aromatic nitrogens is 2. The van der Waals surface area contributed by atoms with E-state index in [4.69, 9.17) is 5.73 Å². The van der Waals surface area contributed by atoms with Crippen LogP contribution in [0.1, 0.15) is 38.3 Å². The van der Waals surface area contributed by atoms with Gasteiger partial charge in [-0.15, -0.1) is 0 Å². The Kier molecular flexibility index (Phi) is 6.70. The Hall–Kier alpha value is -2.95. The van der Waals surface area contributed by atoms with Gasteiger partial charge in [0.2, 0.25) is 17.7 Å². The van der Waals surface area contributed by atoms with Crippen LogP contribution in [0.25, 0.3) is 0 Å². The molecule has 0 spiro atoms. The van der Waals surface area contributed by atoms with Crippen molar-refractivity contribution in [3.8, 4) is 0 Å². The molecule has 11 nitrogen and oxygen atoms in total. The van der Waals surface area contributed by atoms with Gasteiger partial charge in [-0.3, -0.25) is 14.4 Å². The number of likely N-dealkylation sites (tertiary alicyclic amines) is 2. The van der Waals surface area contributed by atoms with E-state index in [9.17, 15) is 24.3 Å². The number of nitrogens with one attached hydrogen (secondary N) is 2. The largest absolute Gasteiger partial charge is 0.480 e. The van der Waals surface area contributed by atoms with Crippen LogP contribution >= 0.6 is 0 Å². The number of carbonyl (C=O) groups excluding carboxylic acids is 3. The number of H-pyrrole nitrogens is 1. The van der Waals surface area contributed by atoms with Crippen LogP contribution in [0.5, 0.6) is 0 Å². The number of rotatable bonds is 7. The third kappa shape index (κ3) is 4.61. The normalized spacial score (nSPS) is 23.3. The maximum atomic E-state index is 13.2. The van der Waals surface area contributed by atoms with Crippen LogP contribution in [0.15, 0.2) is 12.5 Å². The zero-order chi connectivity index (χ0) is 21.8. The summed E-state index contributed by atoms with van der Waals surface area (Å²) < 4.78 is 0. The summed E-state index contributed by atoms with van der Waals surface area (Å²) in [5.74, 6) is -2.23. The molecule has 30 heavy (non-hydrogen) atoms. The molecule has 11 heteroatoms. The number of carboxylic acids is 1. The molecule has 4 atom stereocenters. The standard InChI is InChI=1S/C19H28N6O5/c1-11(20)17(27)25-7-3-5-15(25)18(28)24-6-2-4-14(24)16(26)23-13(19(29)30)8-12-9-21-10-22-12/h9-11,13-15H,2-8,20H2,1H3,(H,21,22)(H,23,26)(H,29,30). The fraction of sp³-hybridized carbons (Fsp3) is 0.632. The van der Waals surface area contributed by atoms with E-state index >= 15 is 0 Å². The van der Waals surface area contributed by atoms with Crippen molar-refractivity contribution in [2.45, 2.75) is 63.2 Å². The molecule has 0 saturated carbocycles. The lowest BCUT2D eigenvalue weighted by atomic mass is 10.1. The number of amides is 3. The van der Waals surface area contributed by atoms with Gasteiger partial charge in [0.25, 0.3) is 0 Å². The molecule has 0 aliphatic carbocycles. The Balaban J connectivity index is 1.68. The highest BCUT2D eigenvalue weighted by Gasteiger charge is 2.43. The molecule has 0 radical (unpaired) electrons. The van der Waals surface area contributed by atoms with Crippen molar-refractivity contribution in [2.24, 2.45) is 5.73 Å². The number of carboxylic acid groups (broad SMARTS) is 1. The molecule has 164 valence electrons. The van der Waals surface area contributed by atoms with Crippen molar-refractivity contribution in [1.29, 1.82) is 0 Å². The molecule has 1 aromatic heterocycles. The van der Waals surface area contributed by atoms with Gasteiger partial charge in [0, 0.05) is 31.4 Å². The summed E-state index contributed by atoms with van der Waals surface area (Å²) in [5, 5.41) is 12.0. The molecule has 2 fully saturated rings. The number of nitrogens with zero attached hydrogens (tertiary/aromatic N) is 3.